The van der Waals surface area contributed by atoms with Crippen LogP contribution in [0, 0.1) is 0 Å². The number of benzene rings is 6. The van der Waals surface area contributed by atoms with Gasteiger partial charge in [0.25, 0.3) is 0 Å². The van der Waals surface area contributed by atoms with Crippen molar-refractivity contribution < 1.29 is 9.84 Å². The first kappa shape index (κ1) is 40.9. The second-order valence-electron chi connectivity index (χ2n) is 20.5. The fourth-order valence-electron chi connectivity index (χ4n) is 8.97. The maximum absolute atomic E-state index is 12.5. The molecule has 0 radical (unpaired) electrons. The van der Waals surface area contributed by atoms with Gasteiger partial charge in [-0.15, -0.1) is 0 Å². The molecule has 62 heavy (non-hydrogen) atoms. The molecule has 2 aromatic heterocycles. The lowest BCUT2D eigenvalue weighted by molar-refractivity contribution is 0.106. The number of phenols is 1. The van der Waals surface area contributed by atoms with Gasteiger partial charge in [-0.1, -0.05) is 147 Å². The number of ether oxygens (including phenoxy) is 1. The van der Waals surface area contributed by atoms with Crippen molar-refractivity contribution in [3.63, 3.8) is 0 Å². The average Bonchev–Trinajstić information content (AvgIpc) is 3.62. The van der Waals surface area contributed by atoms with Gasteiger partial charge in [0.15, 0.2) is 0 Å². The van der Waals surface area contributed by atoms with Gasteiger partial charge in [0.2, 0.25) is 0 Å². The molecule has 5 heteroatoms. The van der Waals surface area contributed by atoms with E-state index in [2.05, 4.69) is 196 Å². The van der Waals surface area contributed by atoms with Gasteiger partial charge < -0.3 is 9.84 Å². The van der Waals surface area contributed by atoms with E-state index in [-0.39, 0.29) is 22.0 Å². The minimum Gasteiger partial charge on any atom is -0.507 e. The summed E-state index contributed by atoms with van der Waals surface area (Å²) in [5, 5.41) is 12.5. The molecule has 8 aromatic rings. The molecule has 0 saturated heterocycles. The largest absolute Gasteiger partial charge is 0.507 e. The van der Waals surface area contributed by atoms with Gasteiger partial charge in [-0.25, -0.2) is 4.98 Å². The fourth-order valence-corrected chi connectivity index (χ4v) is 8.97. The second-order valence-corrected chi connectivity index (χ2v) is 20.5. The molecule has 0 unspecified atom stereocenters. The number of phenolic OH excluding ortho intramolecular Hbond substituents is 1. The van der Waals surface area contributed by atoms with Crippen molar-refractivity contribution in [2.75, 3.05) is 0 Å². The van der Waals surface area contributed by atoms with Crippen LogP contribution in [-0.4, -0.2) is 19.6 Å². The molecule has 6 aromatic carbocycles. The SMILES string of the molecule is CC(C)(C)c1ccc(-n2c(-c3cc(C(C)(C)C)cc(C(C)(C)C)c3O)nc3c(-c4cc(-c5ccccn5)c5c(c4)-c4ccccc4C(C)(C)O5)cccc32)c(-c2ccccc2)c1. The summed E-state index contributed by atoms with van der Waals surface area (Å²) in [6.07, 6.45) is 1.84. The molecule has 3 heterocycles. The van der Waals surface area contributed by atoms with Gasteiger partial charge in [-0.05, 0) is 106 Å². The molecule has 0 amide bonds. The van der Waals surface area contributed by atoms with Crippen LogP contribution in [0.25, 0.3) is 72.7 Å². The summed E-state index contributed by atoms with van der Waals surface area (Å²) < 4.78 is 9.22. The van der Waals surface area contributed by atoms with Gasteiger partial charge in [0, 0.05) is 39.6 Å². The normalized spacial score (nSPS) is 13.7. The van der Waals surface area contributed by atoms with Crippen molar-refractivity contribution in [1.82, 2.24) is 14.5 Å². The molecule has 1 aliphatic heterocycles. The first-order valence-electron chi connectivity index (χ1n) is 21.8. The van der Waals surface area contributed by atoms with Crippen molar-refractivity contribution >= 4 is 11.0 Å². The molecular weight excluding hydrogens is 759 g/mol. The zero-order chi connectivity index (χ0) is 43.9. The molecule has 9 rings (SSSR count). The van der Waals surface area contributed by atoms with Gasteiger partial charge in [0.05, 0.1) is 28.0 Å². The lowest BCUT2D eigenvalue weighted by Gasteiger charge is -2.36. The summed E-state index contributed by atoms with van der Waals surface area (Å²) in [4.78, 5) is 10.5. The van der Waals surface area contributed by atoms with Crippen LogP contribution in [0.2, 0.25) is 0 Å². The summed E-state index contributed by atoms with van der Waals surface area (Å²) in [6.45, 7) is 24.2. The Morgan fingerprint density at radius 1 is 0.548 bits per heavy atom. The molecule has 0 spiro atoms. The van der Waals surface area contributed by atoms with E-state index in [0.717, 1.165) is 83.8 Å². The van der Waals surface area contributed by atoms with Crippen LogP contribution in [0.15, 0.2) is 140 Å². The summed E-state index contributed by atoms with van der Waals surface area (Å²) in [5.74, 6) is 1.75. The van der Waals surface area contributed by atoms with E-state index in [4.69, 9.17) is 14.7 Å². The standard InChI is InChI=1S/C57H57N3O2/c1-54(2,3)37-27-28-48(41(32-37)35-20-13-12-14-21-35)60-49-26-19-23-39(50(49)59-53(60)44-33-38(55(4,5)6)34-46(51(44)61)56(7,8)9)36-30-42-40-22-15-16-24-45(40)57(10,11)62-52(42)43(31-36)47-25-17-18-29-58-47/h12-34,61H,1-11H3. The average molecular weight is 816 g/mol. The zero-order valence-electron chi connectivity index (χ0n) is 38.0. The maximum Gasteiger partial charge on any atom is 0.149 e. The minimum absolute atomic E-state index is 0.0781. The van der Waals surface area contributed by atoms with Gasteiger partial charge in [-0.2, -0.15) is 0 Å². The van der Waals surface area contributed by atoms with Crippen molar-refractivity contribution in [2.24, 2.45) is 0 Å². The summed E-state index contributed by atoms with van der Waals surface area (Å²) in [5.41, 5.74) is 14.8. The third-order valence-corrected chi connectivity index (χ3v) is 12.5. The zero-order valence-corrected chi connectivity index (χ0v) is 38.0. The number of fused-ring (bicyclic) bond motifs is 4. The lowest BCUT2D eigenvalue weighted by atomic mass is 9.79. The Morgan fingerprint density at radius 2 is 1.21 bits per heavy atom. The Bertz CT molecular complexity index is 2990. The van der Waals surface area contributed by atoms with E-state index in [0.29, 0.717) is 11.4 Å². The molecule has 1 N–H and O–H groups in total. The smallest absolute Gasteiger partial charge is 0.149 e. The topological polar surface area (TPSA) is 60.2 Å². The quantitative estimate of drug-likeness (QED) is 0.188. The number of pyridine rings is 1. The maximum atomic E-state index is 12.5. The van der Waals surface area contributed by atoms with Crippen LogP contribution in [0.4, 0.5) is 0 Å². The molecule has 0 saturated carbocycles. The van der Waals surface area contributed by atoms with E-state index >= 15 is 0 Å². The van der Waals surface area contributed by atoms with Crippen LogP contribution >= 0.6 is 0 Å². The highest BCUT2D eigenvalue weighted by Crippen LogP contribution is 2.52. The number of hydrogen-bond acceptors (Lipinski definition) is 4. The van der Waals surface area contributed by atoms with Crippen LogP contribution in [0.3, 0.4) is 0 Å². The highest BCUT2D eigenvalue weighted by molar-refractivity contribution is 6.00. The van der Waals surface area contributed by atoms with E-state index in [9.17, 15) is 5.11 Å². The Morgan fingerprint density at radius 3 is 1.90 bits per heavy atom. The number of nitrogens with zero attached hydrogens (tertiary/aromatic N) is 3. The fraction of sp³-hybridized carbons (Fsp3) is 0.263. The van der Waals surface area contributed by atoms with E-state index < -0.39 is 5.60 Å². The number of rotatable bonds is 5. The molecule has 1 aliphatic rings. The summed E-state index contributed by atoms with van der Waals surface area (Å²) in [7, 11) is 0. The van der Waals surface area contributed by atoms with Crippen LogP contribution in [0.1, 0.15) is 98.4 Å². The van der Waals surface area contributed by atoms with Crippen molar-refractivity contribution in [2.45, 2.75) is 98.0 Å². The van der Waals surface area contributed by atoms with E-state index in [1.807, 2.05) is 24.4 Å². The monoisotopic (exact) mass is 815 g/mol. The molecule has 0 atom stereocenters. The van der Waals surface area contributed by atoms with Crippen LogP contribution < -0.4 is 4.74 Å². The lowest BCUT2D eigenvalue weighted by Crippen LogP contribution is -2.29. The number of para-hydroxylation sites is 1. The highest BCUT2D eigenvalue weighted by atomic mass is 16.5. The van der Waals surface area contributed by atoms with Crippen molar-refractivity contribution in [3.05, 3.63) is 162 Å². The molecule has 312 valence electrons. The predicted molar refractivity (Wildman–Crippen MR) is 257 cm³/mol. The first-order valence-corrected chi connectivity index (χ1v) is 21.8. The first-order chi connectivity index (χ1) is 29.3. The molecule has 0 aliphatic carbocycles. The number of imidazole rings is 1. The number of aromatic nitrogens is 3. The van der Waals surface area contributed by atoms with Crippen molar-refractivity contribution in [1.29, 1.82) is 0 Å². The molecule has 0 bridgehead atoms. The second kappa shape index (κ2) is 14.6. The number of aromatic hydroxyl groups is 1. The minimum atomic E-state index is -0.545. The van der Waals surface area contributed by atoms with Crippen LogP contribution in [0.5, 0.6) is 11.5 Å². The van der Waals surface area contributed by atoms with E-state index in [1.54, 1.807) is 0 Å². The van der Waals surface area contributed by atoms with Crippen LogP contribution in [-0.2, 0) is 21.8 Å². The summed E-state index contributed by atoms with van der Waals surface area (Å²) in [6, 6.07) is 47.3. The van der Waals surface area contributed by atoms with Gasteiger partial charge in [0.1, 0.15) is 22.9 Å². The Balaban J connectivity index is 1.41. The van der Waals surface area contributed by atoms with E-state index in [1.165, 1.54) is 5.56 Å². The van der Waals surface area contributed by atoms with Gasteiger partial charge >= 0.3 is 0 Å². The molecule has 5 nitrogen and oxygen atoms in total. The highest BCUT2D eigenvalue weighted by Gasteiger charge is 2.35. The number of hydrogen-bond donors (Lipinski definition) is 1. The predicted octanol–water partition coefficient (Wildman–Crippen LogP) is 15.0. The Labute approximate surface area is 367 Å². The third kappa shape index (κ3) is 7.07. The molecule has 0 fully saturated rings. The molecular formula is C57H57N3O2. The Kier molecular flexibility index (Phi) is 9.63. The summed E-state index contributed by atoms with van der Waals surface area (Å²) >= 11 is 0. The van der Waals surface area contributed by atoms with Crippen molar-refractivity contribution in [3.8, 4) is 73.2 Å². The van der Waals surface area contributed by atoms with Gasteiger partial charge in [-0.3, -0.25) is 9.55 Å². The Hall–Kier alpha value is -6.46. The third-order valence-electron chi connectivity index (χ3n) is 12.5.